The second-order valence-electron chi connectivity index (χ2n) is 7.09. The summed E-state index contributed by atoms with van der Waals surface area (Å²) < 4.78 is 13.3. The zero-order valence-electron chi connectivity index (χ0n) is 14.9. The molecule has 1 saturated heterocycles. The summed E-state index contributed by atoms with van der Waals surface area (Å²) in [5.41, 5.74) is 0.887. The topological polar surface area (TPSA) is 49.4 Å². The van der Waals surface area contributed by atoms with Gasteiger partial charge in [-0.1, -0.05) is 32.0 Å². The maximum Gasteiger partial charge on any atom is 0.263 e. The van der Waals surface area contributed by atoms with Crippen molar-refractivity contribution in [3.8, 4) is 0 Å². The molecule has 1 N–H and O–H groups in total. The fourth-order valence-corrected chi connectivity index (χ4v) is 3.97. The summed E-state index contributed by atoms with van der Waals surface area (Å²) >= 11 is 1.40. The Labute approximate surface area is 157 Å². The smallest absolute Gasteiger partial charge is 0.263 e. The van der Waals surface area contributed by atoms with Gasteiger partial charge in [-0.2, -0.15) is 0 Å². The molecule has 1 aliphatic rings. The van der Waals surface area contributed by atoms with E-state index in [1.165, 1.54) is 23.5 Å². The van der Waals surface area contributed by atoms with Crippen LogP contribution in [0.3, 0.4) is 0 Å². The maximum absolute atomic E-state index is 13.3. The highest BCUT2D eigenvalue weighted by Gasteiger charge is 2.40. The maximum atomic E-state index is 13.3. The second kappa shape index (κ2) is 7.99. The summed E-state index contributed by atoms with van der Waals surface area (Å²) in [6.45, 7) is 5.52. The fraction of sp³-hybridized carbons (Fsp3) is 0.400. The Bertz CT molecular complexity index is 759. The number of benzene rings is 1. The summed E-state index contributed by atoms with van der Waals surface area (Å²) in [5.74, 6) is -0.511. The van der Waals surface area contributed by atoms with Crippen LogP contribution in [0, 0.1) is 17.7 Å². The lowest BCUT2D eigenvalue weighted by atomic mass is 9.88. The van der Waals surface area contributed by atoms with E-state index in [1.807, 2.05) is 25.3 Å². The van der Waals surface area contributed by atoms with Crippen molar-refractivity contribution in [1.82, 2.24) is 10.2 Å². The van der Waals surface area contributed by atoms with Crippen LogP contribution >= 0.6 is 11.3 Å². The van der Waals surface area contributed by atoms with E-state index in [0.29, 0.717) is 30.4 Å². The molecule has 0 bridgehead atoms. The average molecular weight is 374 g/mol. The Kier molecular flexibility index (Phi) is 5.71. The molecule has 26 heavy (non-hydrogen) atoms. The molecule has 0 radical (unpaired) electrons. The van der Waals surface area contributed by atoms with Crippen LogP contribution in [0.25, 0.3) is 0 Å². The monoisotopic (exact) mass is 374 g/mol. The Morgan fingerprint density at radius 2 is 1.96 bits per heavy atom. The molecule has 1 aliphatic heterocycles. The molecule has 1 fully saturated rings. The highest BCUT2D eigenvalue weighted by molar-refractivity contribution is 7.12. The summed E-state index contributed by atoms with van der Waals surface area (Å²) in [5, 5.41) is 4.85. The fourth-order valence-electron chi connectivity index (χ4n) is 3.27. The standard InChI is InChI=1S/C20H23FN2O2S/c1-13(2)10-22-19(24)17-12-23(20(25)18-4-3-9-26-18)11-16(17)14-5-7-15(21)8-6-14/h3-9,13,16-17H,10-12H2,1-2H3,(H,22,24)/t16-,17-/m0/s1. The summed E-state index contributed by atoms with van der Waals surface area (Å²) in [7, 11) is 0. The van der Waals surface area contributed by atoms with Gasteiger partial charge in [-0.3, -0.25) is 9.59 Å². The minimum Gasteiger partial charge on any atom is -0.356 e. The normalized spacial score (nSPS) is 19.8. The van der Waals surface area contributed by atoms with E-state index < -0.39 is 0 Å². The number of halogens is 1. The third kappa shape index (κ3) is 4.12. The molecule has 0 saturated carbocycles. The predicted octanol–water partition coefficient (Wildman–Crippen LogP) is 3.52. The van der Waals surface area contributed by atoms with Crippen LogP contribution in [0.2, 0.25) is 0 Å². The van der Waals surface area contributed by atoms with Crippen LogP contribution in [0.4, 0.5) is 4.39 Å². The van der Waals surface area contributed by atoms with E-state index in [4.69, 9.17) is 0 Å². The van der Waals surface area contributed by atoms with Crippen LogP contribution in [0.15, 0.2) is 41.8 Å². The number of thiophene rings is 1. The highest BCUT2D eigenvalue weighted by atomic mass is 32.1. The number of nitrogens with one attached hydrogen (secondary N) is 1. The molecule has 138 valence electrons. The van der Waals surface area contributed by atoms with Crippen molar-refractivity contribution >= 4 is 23.2 Å². The number of rotatable bonds is 5. The van der Waals surface area contributed by atoms with Gasteiger partial charge in [0.2, 0.25) is 5.91 Å². The van der Waals surface area contributed by atoms with Gasteiger partial charge in [0, 0.05) is 25.6 Å². The first-order valence-electron chi connectivity index (χ1n) is 8.81. The summed E-state index contributed by atoms with van der Waals surface area (Å²) in [6.07, 6.45) is 0. The van der Waals surface area contributed by atoms with E-state index in [0.717, 1.165) is 5.56 Å². The number of hydrogen-bond donors (Lipinski definition) is 1. The predicted molar refractivity (Wildman–Crippen MR) is 101 cm³/mol. The van der Waals surface area contributed by atoms with Crippen molar-refractivity contribution in [3.05, 3.63) is 58.0 Å². The van der Waals surface area contributed by atoms with Crippen LogP contribution in [0.5, 0.6) is 0 Å². The first-order chi connectivity index (χ1) is 12.5. The van der Waals surface area contributed by atoms with Gasteiger partial charge in [-0.15, -0.1) is 11.3 Å². The number of carbonyl (C=O) groups excluding carboxylic acids is 2. The van der Waals surface area contributed by atoms with Gasteiger partial charge in [-0.25, -0.2) is 4.39 Å². The van der Waals surface area contributed by atoms with E-state index >= 15 is 0 Å². The number of likely N-dealkylation sites (tertiary alicyclic amines) is 1. The average Bonchev–Trinajstić information content (AvgIpc) is 3.29. The minimum absolute atomic E-state index is 0.0468. The molecule has 1 aromatic carbocycles. The number of carbonyl (C=O) groups is 2. The van der Waals surface area contributed by atoms with Gasteiger partial charge in [0.05, 0.1) is 10.8 Å². The summed E-state index contributed by atoms with van der Waals surface area (Å²) in [6, 6.07) is 9.87. The van der Waals surface area contributed by atoms with Crippen LogP contribution in [-0.2, 0) is 4.79 Å². The molecule has 0 spiro atoms. The number of hydrogen-bond acceptors (Lipinski definition) is 3. The molecule has 0 unspecified atom stereocenters. The lowest BCUT2D eigenvalue weighted by Gasteiger charge is -2.18. The molecule has 2 heterocycles. The zero-order chi connectivity index (χ0) is 18.7. The molecule has 6 heteroatoms. The molecule has 2 amide bonds. The van der Waals surface area contributed by atoms with E-state index in [9.17, 15) is 14.0 Å². The van der Waals surface area contributed by atoms with Crippen molar-refractivity contribution in [2.75, 3.05) is 19.6 Å². The van der Waals surface area contributed by atoms with Crippen LogP contribution < -0.4 is 5.32 Å². The molecule has 2 aromatic rings. The third-order valence-corrected chi connectivity index (χ3v) is 5.52. The highest BCUT2D eigenvalue weighted by Crippen LogP contribution is 2.34. The lowest BCUT2D eigenvalue weighted by Crippen LogP contribution is -2.37. The third-order valence-electron chi connectivity index (χ3n) is 4.66. The first kappa shape index (κ1) is 18.6. The van der Waals surface area contributed by atoms with E-state index in [-0.39, 0.29) is 29.5 Å². The molecule has 2 atom stereocenters. The molecule has 1 aromatic heterocycles. The van der Waals surface area contributed by atoms with Crippen LogP contribution in [0.1, 0.15) is 35.0 Å². The quantitative estimate of drug-likeness (QED) is 0.871. The first-order valence-corrected chi connectivity index (χ1v) is 9.69. The van der Waals surface area contributed by atoms with E-state index in [2.05, 4.69) is 5.32 Å². The largest absolute Gasteiger partial charge is 0.356 e. The molecule has 0 aliphatic carbocycles. The van der Waals surface area contributed by atoms with Crippen molar-refractivity contribution in [1.29, 1.82) is 0 Å². The van der Waals surface area contributed by atoms with Gasteiger partial charge < -0.3 is 10.2 Å². The minimum atomic E-state index is -0.330. The van der Waals surface area contributed by atoms with Crippen molar-refractivity contribution < 1.29 is 14.0 Å². The Balaban J connectivity index is 1.81. The zero-order valence-corrected chi connectivity index (χ0v) is 15.8. The summed E-state index contributed by atoms with van der Waals surface area (Å²) in [4.78, 5) is 27.9. The molecular weight excluding hydrogens is 351 g/mol. The number of nitrogens with zero attached hydrogens (tertiary/aromatic N) is 1. The van der Waals surface area contributed by atoms with Gasteiger partial charge in [0.1, 0.15) is 5.82 Å². The Morgan fingerprint density at radius 1 is 1.23 bits per heavy atom. The number of amides is 2. The Hall–Kier alpha value is -2.21. The van der Waals surface area contributed by atoms with Gasteiger partial charge in [-0.05, 0) is 35.1 Å². The van der Waals surface area contributed by atoms with E-state index in [1.54, 1.807) is 23.1 Å². The molecular formula is C20H23FN2O2S. The lowest BCUT2D eigenvalue weighted by molar-refractivity contribution is -0.125. The van der Waals surface area contributed by atoms with Gasteiger partial charge in [0.25, 0.3) is 5.91 Å². The SMILES string of the molecule is CC(C)CNC(=O)[C@H]1CN(C(=O)c2cccs2)C[C@H]1c1ccc(F)cc1. The van der Waals surface area contributed by atoms with Crippen molar-refractivity contribution in [3.63, 3.8) is 0 Å². The van der Waals surface area contributed by atoms with Crippen molar-refractivity contribution in [2.45, 2.75) is 19.8 Å². The molecule has 4 nitrogen and oxygen atoms in total. The van der Waals surface area contributed by atoms with Crippen molar-refractivity contribution in [2.24, 2.45) is 11.8 Å². The molecule has 3 rings (SSSR count). The van der Waals surface area contributed by atoms with Gasteiger partial charge >= 0.3 is 0 Å². The van der Waals surface area contributed by atoms with Crippen LogP contribution in [-0.4, -0.2) is 36.3 Å². The van der Waals surface area contributed by atoms with Gasteiger partial charge in [0.15, 0.2) is 0 Å². The Morgan fingerprint density at radius 3 is 2.58 bits per heavy atom. The second-order valence-corrected chi connectivity index (χ2v) is 8.04.